The Labute approximate surface area is 115 Å². The Hall–Kier alpha value is -1.10. The normalized spacial score (nSPS) is 23.9. The van der Waals surface area contributed by atoms with Crippen molar-refractivity contribution in [2.75, 3.05) is 19.6 Å². The molecular formula is C14H26N2O3. The van der Waals surface area contributed by atoms with Crippen LogP contribution >= 0.6 is 0 Å². The quantitative estimate of drug-likeness (QED) is 0.681. The lowest BCUT2D eigenvalue weighted by Crippen LogP contribution is -2.52. The van der Waals surface area contributed by atoms with Gasteiger partial charge in [0.25, 0.3) is 0 Å². The maximum atomic E-state index is 12.4. The van der Waals surface area contributed by atoms with Crippen molar-refractivity contribution >= 4 is 11.9 Å². The molecule has 1 unspecified atom stereocenters. The summed E-state index contributed by atoms with van der Waals surface area (Å²) in [6.45, 7) is 7.15. The third-order valence-electron chi connectivity index (χ3n) is 3.95. The minimum absolute atomic E-state index is 0.00382. The summed E-state index contributed by atoms with van der Waals surface area (Å²) in [5.41, 5.74) is -1.28. The maximum absolute atomic E-state index is 12.4. The molecule has 1 heterocycles. The second kappa shape index (κ2) is 6.37. The molecule has 0 aromatic carbocycles. The number of carboxylic acids is 1. The molecule has 19 heavy (non-hydrogen) atoms. The Morgan fingerprint density at radius 3 is 2.58 bits per heavy atom. The highest BCUT2D eigenvalue weighted by Gasteiger charge is 2.39. The van der Waals surface area contributed by atoms with Gasteiger partial charge in [-0.3, -0.25) is 9.59 Å². The van der Waals surface area contributed by atoms with E-state index in [0.717, 1.165) is 32.2 Å². The third-order valence-corrected chi connectivity index (χ3v) is 3.95. The summed E-state index contributed by atoms with van der Waals surface area (Å²) in [5, 5.41) is 15.2. The van der Waals surface area contributed by atoms with Crippen LogP contribution in [0.15, 0.2) is 0 Å². The lowest BCUT2D eigenvalue weighted by atomic mass is 9.76. The van der Waals surface area contributed by atoms with E-state index >= 15 is 0 Å². The minimum Gasteiger partial charge on any atom is -0.481 e. The molecule has 1 rings (SSSR count). The number of aliphatic carboxylic acids is 1. The zero-order valence-corrected chi connectivity index (χ0v) is 12.2. The average molecular weight is 270 g/mol. The molecule has 1 atom stereocenters. The van der Waals surface area contributed by atoms with Crippen LogP contribution in [0.1, 0.15) is 46.5 Å². The van der Waals surface area contributed by atoms with Crippen molar-refractivity contribution in [3.8, 4) is 0 Å². The van der Waals surface area contributed by atoms with Crippen molar-refractivity contribution in [3.05, 3.63) is 0 Å². The third kappa shape index (κ3) is 3.93. The first-order valence-electron chi connectivity index (χ1n) is 7.06. The van der Waals surface area contributed by atoms with Gasteiger partial charge in [0.1, 0.15) is 0 Å². The van der Waals surface area contributed by atoms with Gasteiger partial charge in [-0.25, -0.2) is 0 Å². The van der Waals surface area contributed by atoms with Crippen LogP contribution in [0.4, 0.5) is 0 Å². The molecule has 1 aliphatic heterocycles. The molecule has 110 valence electrons. The van der Waals surface area contributed by atoms with Gasteiger partial charge in [0.15, 0.2) is 0 Å². The Morgan fingerprint density at radius 2 is 2.11 bits per heavy atom. The number of hydrogen-bond acceptors (Lipinski definition) is 3. The molecule has 5 heteroatoms. The highest BCUT2D eigenvalue weighted by Crippen LogP contribution is 2.32. The van der Waals surface area contributed by atoms with Crippen LogP contribution in [-0.2, 0) is 9.59 Å². The Balaban J connectivity index is 2.65. The largest absolute Gasteiger partial charge is 0.481 e. The highest BCUT2D eigenvalue weighted by atomic mass is 16.4. The summed E-state index contributed by atoms with van der Waals surface area (Å²) in [4.78, 5) is 23.5. The molecule has 1 aliphatic rings. The molecule has 1 saturated heterocycles. The van der Waals surface area contributed by atoms with Gasteiger partial charge in [-0.15, -0.1) is 0 Å². The van der Waals surface area contributed by atoms with Crippen molar-refractivity contribution in [2.45, 2.75) is 46.5 Å². The topological polar surface area (TPSA) is 78.4 Å². The summed E-state index contributed by atoms with van der Waals surface area (Å²) in [7, 11) is 0. The van der Waals surface area contributed by atoms with E-state index in [1.165, 1.54) is 0 Å². The average Bonchev–Trinajstić information content (AvgIpc) is 2.37. The number of nitrogens with one attached hydrogen (secondary N) is 2. The van der Waals surface area contributed by atoms with Gasteiger partial charge in [0.2, 0.25) is 5.91 Å². The Morgan fingerprint density at radius 1 is 1.42 bits per heavy atom. The summed E-state index contributed by atoms with van der Waals surface area (Å²) >= 11 is 0. The summed E-state index contributed by atoms with van der Waals surface area (Å²) in [6, 6.07) is 0. The Bertz CT molecular complexity index is 328. The summed E-state index contributed by atoms with van der Waals surface area (Å²) in [5.74, 6) is -0.894. The standard InChI is InChI=1S/C14H26N2O3/c1-4-6-14(7-5-8-15-10-14)11(17)16-9-13(2,3)12(18)19/h15H,4-10H2,1-3H3,(H,16,17)(H,18,19). The number of carbonyl (C=O) groups is 2. The van der Waals surface area contributed by atoms with Crippen LogP contribution < -0.4 is 10.6 Å². The van der Waals surface area contributed by atoms with Crippen molar-refractivity contribution < 1.29 is 14.7 Å². The van der Waals surface area contributed by atoms with Crippen molar-refractivity contribution in [2.24, 2.45) is 10.8 Å². The number of rotatable bonds is 6. The molecule has 3 N–H and O–H groups in total. The molecule has 0 saturated carbocycles. The number of carbonyl (C=O) groups excluding carboxylic acids is 1. The highest BCUT2D eigenvalue weighted by molar-refractivity contribution is 5.84. The first-order valence-corrected chi connectivity index (χ1v) is 7.06. The molecule has 0 aromatic rings. The van der Waals surface area contributed by atoms with E-state index in [-0.39, 0.29) is 17.9 Å². The number of hydrogen-bond donors (Lipinski definition) is 3. The molecule has 5 nitrogen and oxygen atoms in total. The zero-order valence-electron chi connectivity index (χ0n) is 12.2. The lowest BCUT2D eigenvalue weighted by Gasteiger charge is -2.37. The molecule has 1 fully saturated rings. The molecule has 1 amide bonds. The van der Waals surface area contributed by atoms with E-state index < -0.39 is 11.4 Å². The van der Waals surface area contributed by atoms with Gasteiger partial charge in [-0.2, -0.15) is 0 Å². The van der Waals surface area contributed by atoms with Crippen molar-refractivity contribution in [3.63, 3.8) is 0 Å². The van der Waals surface area contributed by atoms with Gasteiger partial charge in [0, 0.05) is 13.1 Å². The second-order valence-corrected chi connectivity index (χ2v) is 6.18. The molecular weight excluding hydrogens is 244 g/mol. The van der Waals surface area contributed by atoms with Crippen LogP contribution in [0.2, 0.25) is 0 Å². The van der Waals surface area contributed by atoms with E-state index in [0.29, 0.717) is 6.54 Å². The SMILES string of the molecule is CCCC1(C(=O)NCC(C)(C)C(=O)O)CCCNC1. The van der Waals surface area contributed by atoms with Gasteiger partial charge >= 0.3 is 5.97 Å². The van der Waals surface area contributed by atoms with E-state index in [2.05, 4.69) is 17.6 Å². The predicted molar refractivity (Wildman–Crippen MR) is 73.9 cm³/mol. The zero-order chi connectivity index (χ0) is 14.5. The monoisotopic (exact) mass is 270 g/mol. The second-order valence-electron chi connectivity index (χ2n) is 6.18. The fraction of sp³-hybridized carbons (Fsp3) is 0.857. The van der Waals surface area contributed by atoms with Crippen LogP contribution in [0.5, 0.6) is 0 Å². The molecule has 0 spiro atoms. The minimum atomic E-state index is -0.925. The molecule has 0 aliphatic carbocycles. The molecule has 0 aromatic heterocycles. The maximum Gasteiger partial charge on any atom is 0.310 e. The van der Waals surface area contributed by atoms with Crippen molar-refractivity contribution in [1.29, 1.82) is 0 Å². The van der Waals surface area contributed by atoms with Crippen LogP contribution in [0, 0.1) is 10.8 Å². The fourth-order valence-electron chi connectivity index (χ4n) is 2.53. The molecule has 0 bridgehead atoms. The van der Waals surface area contributed by atoms with Gasteiger partial charge in [0.05, 0.1) is 10.8 Å². The first kappa shape index (κ1) is 16.0. The van der Waals surface area contributed by atoms with Gasteiger partial charge < -0.3 is 15.7 Å². The van der Waals surface area contributed by atoms with E-state index in [4.69, 9.17) is 5.11 Å². The van der Waals surface area contributed by atoms with Gasteiger partial charge in [-0.05, 0) is 39.7 Å². The predicted octanol–water partition coefficient (Wildman–Crippen LogP) is 1.38. The Kier molecular flexibility index (Phi) is 5.35. The van der Waals surface area contributed by atoms with Crippen molar-refractivity contribution in [1.82, 2.24) is 10.6 Å². The lowest BCUT2D eigenvalue weighted by molar-refractivity contribution is -0.147. The number of carboxylic acid groups (broad SMARTS) is 1. The smallest absolute Gasteiger partial charge is 0.310 e. The number of amides is 1. The van der Waals surface area contributed by atoms with Gasteiger partial charge in [-0.1, -0.05) is 13.3 Å². The number of piperidine rings is 1. The fourth-order valence-corrected chi connectivity index (χ4v) is 2.53. The van der Waals surface area contributed by atoms with E-state index in [1.54, 1.807) is 13.8 Å². The van der Waals surface area contributed by atoms with Crippen LogP contribution in [0.3, 0.4) is 0 Å². The summed E-state index contributed by atoms with van der Waals surface area (Å²) < 4.78 is 0. The molecule has 0 radical (unpaired) electrons. The van der Waals surface area contributed by atoms with E-state index in [9.17, 15) is 9.59 Å². The van der Waals surface area contributed by atoms with Crippen LogP contribution in [-0.4, -0.2) is 36.6 Å². The van der Waals surface area contributed by atoms with E-state index in [1.807, 2.05) is 0 Å². The first-order chi connectivity index (χ1) is 8.84. The van der Waals surface area contributed by atoms with Crippen LogP contribution in [0.25, 0.3) is 0 Å². The summed E-state index contributed by atoms with van der Waals surface area (Å²) in [6.07, 6.45) is 3.68.